The molecule has 2 aromatic carbocycles. The highest BCUT2D eigenvalue weighted by molar-refractivity contribution is 7.92. The Labute approximate surface area is 151 Å². The van der Waals surface area contributed by atoms with Gasteiger partial charge in [-0.05, 0) is 36.2 Å². The molecule has 0 saturated heterocycles. The highest BCUT2D eigenvalue weighted by Gasteiger charge is 2.21. The molecular weight excluding hydrogens is 354 g/mol. The van der Waals surface area contributed by atoms with Crippen LogP contribution in [0.1, 0.15) is 22.8 Å². The van der Waals surface area contributed by atoms with Gasteiger partial charge in [-0.1, -0.05) is 31.2 Å². The van der Waals surface area contributed by atoms with Crippen LogP contribution in [0.5, 0.6) is 0 Å². The van der Waals surface area contributed by atoms with Gasteiger partial charge in [0.1, 0.15) is 0 Å². The summed E-state index contributed by atoms with van der Waals surface area (Å²) in [6.07, 6.45) is 3.41. The molecule has 0 aliphatic heterocycles. The smallest absolute Gasteiger partial charge is 0.335 e. The number of sulfonamides is 1. The molecule has 3 rings (SSSR count). The molecule has 0 unspecified atom stereocenters. The average Bonchev–Trinajstić information content (AvgIpc) is 3.09. The van der Waals surface area contributed by atoms with Gasteiger partial charge in [0.15, 0.2) is 0 Å². The second kappa shape index (κ2) is 7.01. The third-order valence-corrected chi connectivity index (χ3v) is 5.30. The van der Waals surface area contributed by atoms with Gasteiger partial charge in [0.2, 0.25) is 0 Å². The van der Waals surface area contributed by atoms with Crippen molar-refractivity contribution in [3.63, 3.8) is 0 Å². The third kappa shape index (κ3) is 3.60. The summed E-state index contributed by atoms with van der Waals surface area (Å²) < 4.78 is 29.5. The topological polar surface area (TPSA) is 101 Å². The molecule has 7 nitrogen and oxygen atoms in total. The van der Waals surface area contributed by atoms with E-state index in [1.807, 2.05) is 37.3 Å². The molecule has 0 aliphatic rings. The van der Waals surface area contributed by atoms with Crippen LogP contribution in [0.3, 0.4) is 0 Å². The lowest BCUT2D eigenvalue weighted by atomic mass is 10.1. The molecule has 0 atom stereocenters. The normalized spacial score (nSPS) is 11.3. The molecule has 0 spiro atoms. The number of benzene rings is 2. The fraction of sp³-hybridized carbons (Fsp3) is 0.111. The van der Waals surface area contributed by atoms with Crippen LogP contribution in [0.4, 0.5) is 5.69 Å². The van der Waals surface area contributed by atoms with Gasteiger partial charge in [-0.15, -0.1) is 0 Å². The molecule has 134 valence electrons. The molecule has 0 fully saturated rings. The van der Waals surface area contributed by atoms with E-state index in [2.05, 4.69) is 9.82 Å². The van der Waals surface area contributed by atoms with Crippen molar-refractivity contribution in [1.82, 2.24) is 9.78 Å². The standard InChI is InChI=1S/C18H17N3O4S/c1-2-13-8-9-14(18(22)23)10-17(13)26(24,25)20-15-11-19-21(12-15)16-6-4-3-5-7-16/h3-12,20H,2H2,1H3,(H,22,23). The van der Waals surface area contributed by atoms with E-state index in [9.17, 15) is 13.2 Å². The van der Waals surface area contributed by atoms with Crippen molar-refractivity contribution in [2.75, 3.05) is 4.72 Å². The number of hydrogen-bond donors (Lipinski definition) is 2. The number of carbonyl (C=O) groups is 1. The number of aromatic nitrogens is 2. The van der Waals surface area contributed by atoms with E-state index in [1.165, 1.54) is 24.4 Å². The molecule has 0 bridgehead atoms. The molecule has 3 aromatic rings. The Kier molecular flexibility index (Phi) is 4.77. The lowest BCUT2D eigenvalue weighted by Crippen LogP contribution is -2.15. The fourth-order valence-corrected chi connectivity index (χ4v) is 3.90. The van der Waals surface area contributed by atoms with Crippen LogP contribution in [0.2, 0.25) is 0 Å². The minimum atomic E-state index is -3.95. The summed E-state index contributed by atoms with van der Waals surface area (Å²) >= 11 is 0. The van der Waals surface area contributed by atoms with Crippen LogP contribution >= 0.6 is 0 Å². The van der Waals surface area contributed by atoms with Gasteiger partial charge < -0.3 is 5.11 Å². The number of nitrogens with one attached hydrogen (secondary N) is 1. The SMILES string of the molecule is CCc1ccc(C(=O)O)cc1S(=O)(=O)Nc1cnn(-c2ccccc2)c1. The van der Waals surface area contributed by atoms with Gasteiger partial charge in [0.25, 0.3) is 10.0 Å². The number of rotatable bonds is 6. The van der Waals surface area contributed by atoms with Crippen molar-refractivity contribution in [2.24, 2.45) is 0 Å². The first-order valence-corrected chi connectivity index (χ1v) is 9.38. The first kappa shape index (κ1) is 17.7. The summed E-state index contributed by atoms with van der Waals surface area (Å²) in [7, 11) is -3.95. The summed E-state index contributed by atoms with van der Waals surface area (Å²) in [5.41, 5.74) is 1.54. The monoisotopic (exact) mass is 371 g/mol. The van der Waals surface area contributed by atoms with E-state index >= 15 is 0 Å². The summed E-state index contributed by atoms with van der Waals surface area (Å²) in [6.45, 7) is 1.81. The molecule has 0 aliphatic carbocycles. The zero-order valence-electron chi connectivity index (χ0n) is 14.0. The van der Waals surface area contributed by atoms with Crippen LogP contribution < -0.4 is 4.72 Å². The number of aromatic carboxylic acids is 1. The predicted octanol–water partition coefficient (Wildman–Crippen LogP) is 2.93. The third-order valence-electron chi connectivity index (χ3n) is 3.84. The minimum absolute atomic E-state index is 0.0487. The van der Waals surface area contributed by atoms with Gasteiger partial charge in [0.05, 0.1) is 34.2 Å². The number of anilines is 1. The Balaban J connectivity index is 1.94. The van der Waals surface area contributed by atoms with Crippen LogP contribution in [-0.2, 0) is 16.4 Å². The highest BCUT2D eigenvalue weighted by atomic mass is 32.2. The van der Waals surface area contributed by atoms with Crippen molar-refractivity contribution in [3.05, 3.63) is 72.1 Å². The molecular formula is C18H17N3O4S. The molecule has 0 amide bonds. The van der Waals surface area contributed by atoms with Crippen molar-refractivity contribution in [1.29, 1.82) is 0 Å². The second-order valence-corrected chi connectivity index (χ2v) is 7.25. The predicted molar refractivity (Wildman–Crippen MR) is 97.2 cm³/mol. The molecule has 1 heterocycles. The van der Waals surface area contributed by atoms with Crippen molar-refractivity contribution >= 4 is 21.7 Å². The Morgan fingerprint density at radius 3 is 2.58 bits per heavy atom. The maximum Gasteiger partial charge on any atom is 0.335 e. The lowest BCUT2D eigenvalue weighted by Gasteiger charge is -2.11. The molecule has 1 aromatic heterocycles. The van der Waals surface area contributed by atoms with Gasteiger partial charge >= 0.3 is 5.97 Å². The Bertz CT molecular complexity index is 1040. The second-order valence-electron chi connectivity index (χ2n) is 5.60. The van der Waals surface area contributed by atoms with E-state index < -0.39 is 16.0 Å². The largest absolute Gasteiger partial charge is 0.478 e. The molecule has 0 radical (unpaired) electrons. The number of carboxylic acid groups (broad SMARTS) is 1. The quantitative estimate of drug-likeness (QED) is 0.694. The van der Waals surface area contributed by atoms with E-state index in [0.717, 1.165) is 5.69 Å². The Hall–Kier alpha value is -3.13. The molecule has 8 heteroatoms. The number of aryl methyl sites for hydroxylation is 1. The van der Waals surface area contributed by atoms with Crippen LogP contribution in [0.15, 0.2) is 65.8 Å². The summed E-state index contributed by atoms with van der Waals surface area (Å²) in [5.74, 6) is -1.18. The van der Waals surface area contributed by atoms with E-state index in [1.54, 1.807) is 10.9 Å². The Morgan fingerprint density at radius 1 is 1.19 bits per heavy atom. The minimum Gasteiger partial charge on any atom is -0.478 e. The van der Waals surface area contributed by atoms with Crippen molar-refractivity contribution in [2.45, 2.75) is 18.2 Å². The van der Waals surface area contributed by atoms with Crippen LogP contribution in [0.25, 0.3) is 5.69 Å². The zero-order valence-corrected chi connectivity index (χ0v) is 14.8. The average molecular weight is 371 g/mol. The summed E-state index contributed by atoms with van der Waals surface area (Å²) in [5, 5.41) is 13.3. The van der Waals surface area contributed by atoms with E-state index in [4.69, 9.17) is 5.11 Å². The molecule has 0 saturated carbocycles. The molecule has 2 N–H and O–H groups in total. The van der Waals surface area contributed by atoms with Gasteiger partial charge in [0, 0.05) is 0 Å². The fourth-order valence-electron chi connectivity index (χ4n) is 2.54. The molecule has 26 heavy (non-hydrogen) atoms. The Morgan fingerprint density at radius 2 is 1.92 bits per heavy atom. The van der Waals surface area contributed by atoms with Gasteiger partial charge in [-0.25, -0.2) is 17.9 Å². The van der Waals surface area contributed by atoms with E-state index in [0.29, 0.717) is 12.0 Å². The van der Waals surface area contributed by atoms with Gasteiger partial charge in [-0.3, -0.25) is 4.72 Å². The number of carboxylic acids is 1. The summed E-state index contributed by atoms with van der Waals surface area (Å²) in [6, 6.07) is 13.4. The number of nitrogens with zero attached hydrogens (tertiary/aromatic N) is 2. The van der Waals surface area contributed by atoms with Crippen molar-refractivity contribution in [3.8, 4) is 5.69 Å². The van der Waals surface area contributed by atoms with Crippen LogP contribution in [-0.4, -0.2) is 29.3 Å². The number of para-hydroxylation sites is 1. The maximum absolute atomic E-state index is 12.8. The van der Waals surface area contributed by atoms with Crippen LogP contribution in [0, 0.1) is 0 Å². The summed E-state index contributed by atoms with van der Waals surface area (Å²) in [4.78, 5) is 11.1. The maximum atomic E-state index is 12.8. The lowest BCUT2D eigenvalue weighted by molar-refractivity contribution is 0.0696. The van der Waals surface area contributed by atoms with E-state index in [-0.39, 0.29) is 16.1 Å². The highest BCUT2D eigenvalue weighted by Crippen LogP contribution is 2.22. The van der Waals surface area contributed by atoms with Crippen molar-refractivity contribution < 1.29 is 18.3 Å². The first-order valence-electron chi connectivity index (χ1n) is 7.90. The first-order chi connectivity index (χ1) is 12.4. The zero-order chi connectivity index (χ0) is 18.7. The number of hydrogen-bond acceptors (Lipinski definition) is 4. The van der Waals surface area contributed by atoms with Gasteiger partial charge in [-0.2, -0.15) is 5.10 Å².